The summed E-state index contributed by atoms with van der Waals surface area (Å²) in [7, 11) is 1.29. The fourth-order valence-corrected chi connectivity index (χ4v) is 1.30. The van der Waals surface area contributed by atoms with Gasteiger partial charge >= 0.3 is 5.97 Å². The van der Waals surface area contributed by atoms with Crippen molar-refractivity contribution in [2.75, 3.05) is 7.11 Å². The lowest BCUT2D eigenvalue weighted by Crippen LogP contribution is -2.10. The van der Waals surface area contributed by atoms with Crippen LogP contribution in [0.25, 0.3) is 11.5 Å². The molecule has 17 heavy (non-hydrogen) atoms. The van der Waals surface area contributed by atoms with E-state index < -0.39 is 5.97 Å². The number of aryl methyl sites for hydroxylation is 1. The third-order valence-corrected chi connectivity index (χ3v) is 2.05. The number of carbonyl (C=O) groups is 1. The van der Waals surface area contributed by atoms with Crippen molar-refractivity contribution in [2.45, 2.75) is 6.92 Å². The van der Waals surface area contributed by atoms with Crippen LogP contribution in [0.4, 0.5) is 0 Å². The van der Waals surface area contributed by atoms with Crippen molar-refractivity contribution in [3.05, 3.63) is 36.0 Å². The topological polar surface area (TPSA) is 77.9 Å². The Hall–Kier alpha value is -2.37. The molecule has 0 amide bonds. The molecule has 0 spiro atoms. The number of esters is 1. The van der Waals surface area contributed by atoms with E-state index >= 15 is 0 Å². The largest absolute Gasteiger partial charge is 0.464 e. The van der Waals surface area contributed by atoms with Gasteiger partial charge in [0.15, 0.2) is 11.5 Å². The predicted octanol–water partition coefficient (Wildman–Crippen LogP) is 1.03. The molecule has 6 nitrogen and oxygen atoms in total. The Morgan fingerprint density at radius 1 is 1.24 bits per heavy atom. The van der Waals surface area contributed by atoms with E-state index in [0.29, 0.717) is 17.2 Å². The normalized spacial score (nSPS) is 10.0. The Kier molecular flexibility index (Phi) is 3.04. The van der Waals surface area contributed by atoms with E-state index in [-0.39, 0.29) is 5.69 Å². The summed E-state index contributed by atoms with van der Waals surface area (Å²) in [5, 5.41) is 0. The van der Waals surface area contributed by atoms with Gasteiger partial charge in [-0.1, -0.05) is 0 Å². The van der Waals surface area contributed by atoms with Gasteiger partial charge in [0.2, 0.25) is 0 Å². The second-order valence-corrected chi connectivity index (χ2v) is 3.27. The molecule has 6 heteroatoms. The Labute approximate surface area is 97.7 Å². The lowest BCUT2D eigenvalue weighted by atomic mass is 10.2. The molecule has 86 valence electrons. The van der Waals surface area contributed by atoms with Crippen LogP contribution < -0.4 is 0 Å². The van der Waals surface area contributed by atoms with Crippen LogP contribution >= 0.6 is 0 Å². The fourth-order valence-electron chi connectivity index (χ4n) is 1.30. The molecule has 0 N–H and O–H groups in total. The van der Waals surface area contributed by atoms with Crippen LogP contribution in [-0.4, -0.2) is 33.0 Å². The first-order chi connectivity index (χ1) is 8.22. The molecule has 0 unspecified atom stereocenters. The number of hydrogen-bond donors (Lipinski definition) is 0. The van der Waals surface area contributed by atoms with Gasteiger partial charge in [0.1, 0.15) is 5.69 Å². The summed E-state index contributed by atoms with van der Waals surface area (Å²) < 4.78 is 4.66. The maximum atomic E-state index is 11.6. The van der Waals surface area contributed by atoms with Crippen molar-refractivity contribution < 1.29 is 9.53 Å². The number of nitrogens with zero attached hydrogens (tertiary/aromatic N) is 4. The summed E-state index contributed by atoms with van der Waals surface area (Å²) >= 11 is 0. The van der Waals surface area contributed by atoms with E-state index in [1.54, 1.807) is 31.6 Å². The Bertz CT molecular complexity index is 542. The predicted molar refractivity (Wildman–Crippen MR) is 59.1 cm³/mol. The minimum atomic E-state index is -0.552. The molecule has 2 aromatic heterocycles. The lowest BCUT2D eigenvalue weighted by Gasteiger charge is -2.05. The van der Waals surface area contributed by atoms with E-state index in [1.165, 1.54) is 7.11 Å². The zero-order chi connectivity index (χ0) is 12.3. The van der Waals surface area contributed by atoms with Crippen molar-refractivity contribution in [1.82, 2.24) is 19.9 Å². The van der Waals surface area contributed by atoms with Gasteiger partial charge in [-0.15, -0.1) is 0 Å². The average molecular weight is 230 g/mol. The molecule has 0 aromatic carbocycles. The van der Waals surface area contributed by atoms with Crippen LogP contribution in [0.15, 0.2) is 24.7 Å². The van der Waals surface area contributed by atoms with Gasteiger partial charge < -0.3 is 4.74 Å². The van der Waals surface area contributed by atoms with Gasteiger partial charge in [-0.05, 0) is 13.0 Å². The summed E-state index contributed by atoms with van der Waals surface area (Å²) in [6, 6.07) is 1.68. The summed E-state index contributed by atoms with van der Waals surface area (Å²) in [6.07, 6.45) is 4.70. The first-order valence-electron chi connectivity index (χ1n) is 4.91. The van der Waals surface area contributed by atoms with Crippen LogP contribution in [0, 0.1) is 6.92 Å². The third kappa shape index (κ3) is 2.25. The number of rotatable bonds is 2. The van der Waals surface area contributed by atoms with E-state index in [0.717, 1.165) is 0 Å². The second-order valence-electron chi connectivity index (χ2n) is 3.27. The van der Waals surface area contributed by atoms with E-state index in [9.17, 15) is 4.79 Å². The lowest BCUT2D eigenvalue weighted by molar-refractivity contribution is 0.0594. The Morgan fingerprint density at radius 3 is 2.59 bits per heavy atom. The van der Waals surface area contributed by atoms with Crippen LogP contribution in [0.3, 0.4) is 0 Å². The van der Waals surface area contributed by atoms with Gasteiger partial charge in [-0.25, -0.2) is 24.7 Å². The standard InChI is InChI=1S/C11H10N4O2/c1-7-6-14-8(9(15-7)11(16)17-2)10-12-4-3-5-13-10/h3-6H,1-2H3. The second kappa shape index (κ2) is 4.65. The minimum absolute atomic E-state index is 0.124. The van der Waals surface area contributed by atoms with Gasteiger partial charge in [0.05, 0.1) is 12.8 Å². The highest BCUT2D eigenvalue weighted by Gasteiger charge is 2.18. The molecular formula is C11H10N4O2. The van der Waals surface area contributed by atoms with Gasteiger partial charge in [-0.2, -0.15) is 0 Å². The van der Waals surface area contributed by atoms with E-state index in [4.69, 9.17) is 0 Å². The smallest absolute Gasteiger partial charge is 0.359 e. The van der Waals surface area contributed by atoms with Crippen LogP contribution in [0.5, 0.6) is 0 Å². The minimum Gasteiger partial charge on any atom is -0.464 e. The summed E-state index contributed by atoms with van der Waals surface area (Å²) in [5.74, 6) is -0.205. The number of ether oxygens (including phenoxy) is 1. The fraction of sp³-hybridized carbons (Fsp3) is 0.182. The first-order valence-corrected chi connectivity index (χ1v) is 4.91. The molecule has 0 fully saturated rings. The monoisotopic (exact) mass is 230 g/mol. The third-order valence-electron chi connectivity index (χ3n) is 2.05. The Morgan fingerprint density at radius 2 is 1.94 bits per heavy atom. The van der Waals surface area contributed by atoms with Crippen molar-refractivity contribution in [3.8, 4) is 11.5 Å². The summed E-state index contributed by atoms with van der Waals surface area (Å²) in [6.45, 7) is 1.75. The molecule has 0 atom stereocenters. The molecule has 0 aliphatic rings. The molecule has 2 aromatic rings. The van der Waals surface area contributed by atoms with Gasteiger partial charge in [0, 0.05) is 18.6 Å². The van der Waals surface area contributed by atoms with E-state index in [2.05, 4.69) is 24.7 Å². The number of aromatic nitrogens is 4. The molecule has 0 radical (unpaired) electrons. The maximum absolute atomic E-state index is 11.6. The molecule has 2 rings (SSSR count). The average Bonchev–Trinajstić information content (AvgIpc) is 2.38. The maximum Gasteiger partial charge on any atom is 0.359 e. The van der Waals surface area contributed by atoms with Crippen molar-refractivity contribution in [3.63, 3.8) is 0 Å². The molecule has 0 saturated carbocycles. The molecule has 0 bridgehead atoms. The van der Waals surface area contributed by atoms with E-state index in [1.807, 2.05) is 0 Å². The van der Waals surface area contributed by atoms with Crippen LogP contribution in [-0.2, 0) is 4.74 Å². The van der Waals surface area contributed by atoms with Crippen LogP contribution in [0.1, 0.15) is 16.2 Å². The quantitative estimate of drug-likeness (QED) is 0.717. The molecule has 2 heterocycles. The molecule has 0 saturated heterocycles. The van der Waals surface area contributed by atoms with Crippen LogP contribution in [0.2, 0.25) is 0 Å². The number of methoxy groups -OCH3 is 1. The number of carbonyl (C=O) groups excluding carboxylic acids is 1. The summed E-state index contributed by atoms with van der Waals surface area (Å²) in [5.41, 5.74) is 1.08. The highest BCUT2D eigenvalue weighted by atomic mass is 16.5. The van der Waals surface area contributed by atoms with Gasteiger partial charge in [0.25, 0.3) is 0 Å². The molecular weight excluding hydrogens is 220 g/mol. The van der Waals surface area contributed by atoms with Crippen molar-refractivity contribution in [2.24, 2.45) is 0 Å². The Balaban J connectivity index is 2.58. The first kappa shape index (κ1) is 11.1. The highest BCUT2D eigenvalue weighted by molar-refractivity contribution is 5.92. The van der Waals surface area contributed by atoms with Gasteiger partial charge in [-0.3, -0.25) is 0 Å². The zero-order valence-corrected chi connectivity index (χ0v) is 9.41. The SMILES string of the molecule is COC(=O)c1nc(C)cnc1-c1ncccn1. The summed E-state index contributed by atoms with van der Waals surface area (Å²) in [4.78, 5) is 27.9. The van der Waals surface area contributed by atoms with Crippen molar-refractivity contribution >= 4 is 5.97 Å². The number of hydrogen-bond acceptors (Lipinski definition) is 6. The highest BCUT2D eigenvalue weighted by Crippen LogP contribution is 2.15. The van der Waals surface area contributed by atoms with Crippen molar-refractivity contribution in [1.29, 1.82) is 0 Å². The zero-order valence-electron chi connectivity index (χ0n) is 9.41. The molecule has 0 aliphatic heterocycles. The molecule has 0 aliphatic carbocycles.